The molecule has 0 radical (unpaired) electrons. The summed E-state index contributed by atoms with van der Waals surface area (Å²) >= 11 is 0. The highest BCUT2D eigenvalue weighted by atomic mass is 17.2. The molecule has 3 nitrogen and oxygen atoms in total. The number of rotatable bonds is 1. The van der Waals surface area contributed by atoms with E-state index in [1.54, 1.807) is 0 Å². The summed E-state index contributed by atoms with van der Waals surface area (Å²) in [4.78, 5) is 10.8. The second-order valence-electron chi connectivity index (χ2n) is 4.57. The number of nitrogens with one attached hydrogen (secondary N) is 1. The van der Waals surface area contributed by atoms with Crippen LogP contribution in [0.2, 0.25) is 0 Å². The lowest BCUT2D eigenvalue weighted by Crippen LogP contribution is -2.33. The normalized spacial score (nSPS) is 26.4. The molecule has 0 aliphatic carbocycles. The number of hydrogen-bond acceptors (Lipinski definition) is 3. The zero-order valence-corrected chi connectivity index (χ0v) is 9.32. The molecule has 3 heteroatoms. The molecule has 0 amide bonds. The zero-order chi connectivity index (χ0) is 10.8. The van der Waals surface area contributed by atoms with Gasteiger partial charge < -0.3 is 5.32 Å². The quantitative estimate of drug-likeness (QED) is 0.734. The van der Waals surface area contributed by atoms with Gasteiger partial charge in [-0.25, -0.2) is 9.78 Å². The molecule has 1 atom stereocenters. The van der Waals surface area contributed by atoms with Crippen molar-refractivity contribution in [3.05, 3.63) is 35.4 Å². The van der Waals surface area contributed by atoms with Gasteiger partial charge in [-0.1, -0.05) is 24.3 Å². The summed E-state index contributed by atoms with van der Waals surface area (Å²) in [6.07, 6.45) is 2.47. The van der Waals surface area contributed by atoms with E-state index in [1.165, 1.54) is 24.0 Å². The first-order valence-corrected chi connectivity index (χ1v) is 6.02. The molecule has 16 heavy (non-hydrogen) atoms. The van der Waals surface area contributed by atoms with Gasteiger partial charge in [0.2, 0.25) is 0 Å². The largest absolute Gasteiger partial charge is 0.317 e. The number of fused-ring (bicyclic) bond motifs is 1. The van der Waals surface area contributed by atoms with Crippen LogP contribution in [0.1, 0.15) is 30.1 Å². The summed E-state index contributed by atoms with van der Waals surface area (Å²) in [5.74, 6) is 0.586. The standard InChI is InChI=1S/C13H17NO2/c1-2-4-12-11(3-1)9-15-16-13(12)10-5-7-14-8-6-10/h1-4,10,13-14H,5-9H2. The van der Waals surface area contributed by atoms with Crippen LogP contribution in [0.3, 0.4) is 0 Å². The Kier molecular flexibility index (Phi) is 2.91. The van der Waals surface area contributed by atoms with Gasteiger partial charge in [-0.3, -0.25) is 0 Å². The summed E-state index contributed by atoms with van der Waals surface area (Å²) in [6.45, 7) is 2.76. The zero-order valence-electron chi connectivity index (χ0n) is 9.32. The van der Waals surface area contributed by atoms with E-state index < -0.39 is 0 Å². The maximum atomic E-state index is 5.52. The lowest BCUT2D eigenvalue weighted by atomic mass is 9.86. The van der Waals surface area contributed by atoms with Gasteiger partial charge in [-0.2, -0.15) is 0 Å². The van der Waals surface area contributed by atoms with Crippen molar-refractivity contribution in [3.63, 3.8) is 0 Å². The van der Waals surface area contributed by atoms with Crippen molar-refractivity contribution in [2.24, 2.45) is 5.92 Å². The Morgan fingerprint density at radius 1 is 1.12 bits per heavy atom. The van der Waals surface area contributed by atoms with Gasteiger partial charge in [0.15, 0.2) is 0 Å². The highest BCUT2D eigenvalue weighted by Crippen LogP contribution is 2.37. The third-order valence-corrected chi connectivity index (χ3v) is 3.56. The van der Waals surface area contributed by atoms with Crippen molar-refractivity contribution in [2.75, 3.05) is 13.1 Å². The van der Waals surface area contributed by atoms with Crippen molar-refractivity contribution in [2.45, 2.75) is 25.6 Å². The van der Waals surface area contributed by atoms with E-state index in [-0.39, 0.29) is 6.10 Å². The Morgan fingerprint density at radius 2 is 1.94 bits per heavy atom. The van der Waals surface area contributed by atoms with Gasteiger partial charge in [0.05, 0.1) is 0 Å². The topological polar surface area (TPSA) is 30.5 Å². The second-order valence-corrected chi connectivity index (χ2v) is 4.57. The van der Waals surface area contributed by atoms with Crippen LogP contribution < -0.4 is 5.32 Å². The molecule has 1 N–H and O–H groups in total. The van der Waals surface area contributed by atoms with Crippen LogP contribution in [0.4, 0.5) is 0 Å². The molecular formula is C13H17NO2. The lowest BCUT2D eigenvalue weighted by molar-refractivity contribution is -0.356. The van der Waals surface area contributed by atoms with E-state index in [2.05, 4.69) is 29.6 Å². The summed E-state index contributed by atoms with van der Waals surface area (Å²) in [7, 11) is 0. The lowest BCUT2D eigenvalue weighted by Gasteiger charge is -2.33. The van der Waals surface area contributed by atoms with Crippen molar-refractivity contribution < 1.29 is 9.78 Å². The fourth-order valence-electron chi connectivity index (χ4n) is 2.65. The molecule has 0 saturated carbocycles. The van der Waals surface area contributed by atoms with Gasteiger partial charge in [0.25, 0.3) is 0 Å². The minimum atomic E-state index is 0.132. The molecule has 1 aromatic carbocycles. The Bertz CT molecular complexity index is 361. The monoisotopic (exact) mass is 219 g/mol. The Labute approximate surface area is 95.7 Å². The number of piperidine rings is 1. The average Bonchev–Trinajstić information content (AvgIpc) is 2.39. The van der Waals surface area contributed by atoms with Crippen molar-refractivity contribution in [3.8, 4) is 0 Å². The minimum Gasteiger partial charge on any atom is -0.317 e. The van der Waals surface area contributed by atoms with E-state index in [9.17, 15) is 0 Å². The maximum Gasteiger partial charge on any atom is 0.121 e. The number of hydrogen-bond donors (Lipinski definition) is 1. The molecule has 2 aliphatic rings. The Hall–Kier alpha value is -0.900. The Morgan fingerprint density at radius 3 is 2.81 bits per heavy atom. The third-order valence-electron chi connectivity index (χ3n) is 3.56. The van der Waals surface area contributed by atoms with E-state index in [4.69, 9.17) is 9.78 Å². The molecular weight excluding hydrogens is 202 g/mol. The maximum absolute atomic E-state index is 5.52. The van der Waals surface area contributed by atoms with Crippen molar-refractivity contribution in [1.29, 1.82) is 0 Å². The molecule has 0 bridgehead atoms. The van der Waals surface area contributed by atoms with E-state index in [1.807, 2.05) is 0 Å². The summed E-state index contributed by atoms with van der Waals surface area (Å²) in [6, 6.07) is 8.45. The smallest absolute Gasteiger partial charge is 0.121 e. The fraction of sp³-hybridized carbons (Fsp3) is 0.538. The van der Waals surface area contributed by atoms with Gasteiger partial charge in [0, 0.05) is 0 Å². The van der Waals surface area contributed by atoms with Crippen LogP contribution in [0, 0.1) is 5.92 Å². The van der Waals surface area contributed by atoms with E-state index in [0.717, 1.165) is 13.1 Å². The van der Waals surface area contributed by atoms with Crippen LogP contribution in [0.15, 0.2) is 24.3 Å². The summed E-state index contributed by atoms with van der Waals surface area (Å²) in [5.41, 5.74) is 2.60. The Balaban J connectivity index is 1.86. The number of benzene rings is 1. The molecule has 0 aromatic heterocycles. The van der Waals surface area contributed by atoms with Gasteiger partial charge >= 0.3 is 0 Å². The molecule has 1 fully saturated rings. The summed E-state index contributed by atoms with van der Waals surface area (Å²) < 4.78 is 0. The SMILES string of the molecule is c1ccc2c(c1)COOC2C1CCNCC1. The van der Waals surface area contributed by atoms with Crippen LogP contribution in [-0.4, -0.2) is 13.1 Å². The molecule has 1 unspecified atom stereocenters. The molecule has 3 rings (SSSR count). The molecule has 86 valence electrons. The molecule has 0 spiro atoms. The molecule has 1 aromatic rings. The van der Waals surface area contributed by atoms with Gasteiger partial charge in [-0.15, -0.1) is 0 Å². The first-order chi connectivity index (χ1) is 7.95. The second kappa shape index (κ2) is 4.53. The minimum absolute atomic E-state index is 0.132. The predicted molar refractivity (Wildman–Crippen MR) is 60.7 cm³/mol. The third kappa shape index (κ3) is 1.86. The molecule has 1 saturated heterocycles. The highest BCUT2D eigenvalue weighted by Gasteiger charge is 2.30. The van der Waals surface area contributed by atoms with Gasteiger partial charge in [0.1, 0.15) is 12.7 Å². The van der Waals surface area contributed by atoms with Crippen LogP contribution >= 0.6 is 0 Å². The first-order valence-electron chi connectivity index (χ1n) is 6.02. The highest BCUT2D eigenvalue weighted by molar-refractivity contribution is 5.30. The van der Waals surface area contributed by atoms with Crippen molar-refractivity contribution in [1.82, 2.24) is 5.32 Å². The summed E-state index contributed by atoms with van der Waals surface area (Å²) in [5, 5.41) is 3.38. The van der Waals surface area contributed by atoms with Crippen LogP contribution in [0.25, 0.3) is 0 Å². The van der Waals surface area contributed by atoms with E-state index in [0.29, 0.717) is 12.5 Å². The average molecular weight is 219 g/mol. The first kappa shape index (κ1) is 10.3. The van der Waals surface area contributed by atoms with E-state index >= 15 is 0 Å². The van der Waals surface area contributed by atoms with Crippen LogP contribution in [-0.2, 0) is 16.4 Å². The van der Waals surface area contributed by atoms with Crippen LogP contribution in [0.5, 0.6) is 0 Å². The molecule has 2 heterocycles. The van der Waals surface area contributed by atoms with Gasteiger partial charge in [-0.05, 0) is 43.0 Å². The predicted octanol–water partition coefficient (Wildman–Crippen LogP) is 2.19. The fourth-order valence-corrected chi connectivity index (χ4v) is 2.65. The van der Waals surface area contributed by atoms with Crippen molar-refractivity contribution >= 4 is 0 Å². The molecule has 2 aliphatic heterocycles.